The first-order chi connectivity index (χ1) is 12.4. The molecule has 7 heteroatoms. The van der Waals surface area contributed by atoms with Crippen molar-refractivity contribution in [2.75, 3.05) is 46.4 Å². The van der Waals surface area contributed by atoms with E-state index in [2.05, 4.69) is 5.32 Å². The number of hydrogen-bond acceptors (Lipinski definition) is 4. The van der Waals surface area contributed by atoms with Gasteiger partial charge >= 0.3 is 0 Å². The number of likely N-dealkylation sites (N-methyl/N-ethyl adjacent to an activating group) is 1. The number of rotatable bonds is 5. The lowest BCUT2D eigenvalue weighted by Crippen LogP contribution is -2.68. The average Bonchev–Trinajstić information content (AvgIpc) is 2.59. The average molecular weight is 380 g/mol. The molecule has 1 aromatic carbocycles. The minimum atomic E-state index is -0.576. The van der Waals surface area contributed by atoms with Crippen LogP contribution < -0.4 is 5.32 Å². The van der Waals surface area contributed by atoms with Crippen LogP contribution in [0.25, 0.3) is 0 Å². The van der Waals surface area contributed by atoms with Gasteiger partial charge in [-0.2, -0.15) is 0 Å². The summed E-state index contributed by atoms with van der Waals surface area (Å²) < 4.78 is 5.46. The highest BCUT2D eigenvalue weighted by atomic mass is 35.5. The van der Waals surface area contributed by atoms with Crippen LogP contribution in [0.3, 0.4) is 0 Å². The van der Waals surface area contributed by atoms with E-state index in [-0.39, 0.29) is 17.9 Å². The van der Waals surface area contributed by atoms with Gasteiger partial charge in [-0.05, 0) is 38.1 Å². The molecule has 6 nitrogen and oxygen atoms in total. The molecule has 2 fully saturated rings. The Morgan fingerprint density at radius 2 is 2.00 bits per heavy atom. The molecule has 1 atom stereocenters. The van der Waals surface area contributed by atoms with E-state index in [9.17, 15) is 9.59 Å². The Morgan fingerprint density at radius 3 is 2.62 bits per heavy atom. The second kappa shape index (κ2) is 7.94. The number of carbonyl (C=O) groups excluding carboxylic acids is 2. The van der Waals surface area contributed by atoms with Gasteiger partial charge < -0.3 is 15.0 Å². The summed E-state index contributed by atoms with van der Waals surface area (Å²) in [7, 11) is 1.94. The van der Waals surface area contributed by atoms with Crippen LogP contribution in [0.4, 0.5) is 0 Å². The maximum Gasteiger partial charge on any atom is 0.242 e. The molecule has 1 aromatic rings. The molecule has 0 spiro atoms. The number of morpholine rings is 1. The number of ether oxygens (including phenoxy) is 1. The number of nitrogens with one attached hydrogen (secondary N) is 1. The van der Waals surface area contributed by atoms with Gasteiger partial charge in [0.15, 0.2) is 0 Å². The third-order valence-corrected chi connectivity index (χ3v) is 5.51. The Labute approximate surface area is 159 Å². The van der Waals surface area contributed by atoms with Gasteiger partial charge in [0.05, 0.1) is 18.6 Å². The molecule has 142 valence electrons. The van der Waals surface area contributed by atoms with Crippen molar-refractivity contribution < 1.29 is 14.3 Å². The van der Waals surface area contributed by atoms with E-state index in [0.717, 1.165) is 12.1 Å². The van der Waals surface area contributed by atoms with Crippen molar-refractivity contribution in [2.24, 2.45) is 5.41 Å². The van der Waals surface area contributed by atoms with E-state index in [0.29, 0.717) is 44.3 Å². The van der Waals surface area contributed by atoms with Gasteiger partial charge in [-0.1, -0.05) is 23.7 Å². The topological polar surface area (TPSA) is 61.9 Å². The minimum Gasteiger partial charge on any atom is -0.378 e. The van der Waals surface area contributed by atoms with Crippen LogP contribution in [0.1, 0.15) is 12.5 Å². The quantitative estimate of drug-likeness (QED) is 0.834. The molecule has 0 aliphatic carbocycles. The number of benzene rings is 1. The molecule has 3 rings (SSSR count). The molecule has 1 N–H and O–H groups in total. The highest BCUT2D eigenvalue weighted by Crippen LogP contribution is 2.36. The van der Waals surface area contributed by atoms with E-state index in [1.54, 1.807) is 4.90 Å². The number of nitrogens with zero attached hydrogens (tertiary/aromatic N) is 2. The van der Waals surface area contributed by atoms with Crippen molar-refractivity contribution >= 4 is 23.4 Å². The van der Waals surface area contributed by atoms with E-state index < -0.39 is 5.41 Å². The molecule has 0 unspecified atom stereocenters. The van der Waals surface area contributed by atoms with Gasteiger partial charge in [-0.3, -0.25) is 14.5 Å². The Kier molecular flexibility index (Phi) is 5.85. The summed E-state index contributed by atoms with van der Waals surface area (Å²) >= 11 is 5.96. The number of halogens is 1. The number of carbonyl (C=O) groups is 2. The fourth-order valence-corrected chi connectivity index (χ4v) is 3.80. The Bertz CT molecular complexity index is 658. The van der Waals surface area contributed by atoms with E-state index in [1.165, 1.54) is 0 Å². The predicted molar refractivity (Wildman–Crippen MR) is 100 cm³/mol. The third-order valence-electron chi connectivity index (χ3n) is 5.25. The summed E-state index contributed by atoms with van der Waals surface area (Å²) in [4.78, 5) is 29.3. The zero-order valence-corrected chi connectivity index (χ0v) is 16.1. The van der Waals surface area contributed by atoms with E-state index in [1.807, 2.05) is 43.1 Å². The Hall–Kier alpha value is -1.63. The van der Waals surface area contributed by atoms with Crippen molar-refractivity contribution in [3.8, 4) is 0 Å². The van der Waals surface area contributed by atoms with Gasteiger partial charge in [0.2, 0.25) is 11.8 Å². The number of amides is 2. The van der Waals surface area contributed by atoms with E-state index in [4.69, 9.17) is 16.3 Å². The molecule has 2 amide bonds. The molecule has 2 aliphatic heterocycles. The second-order valence-electron chi connectivity index (χ2n) is 7.21. The molecular formula is C19H26ClN3O3. The predicted octanol–water partition coefficient (Wildman–Crippen LogP) is 1.18. The molecule has 0 aromatic heterocycles. The largest absolute Gasteiger partial charge is 0.378 e. The van der Waals surface area contributed by atoms with Crippen molar-refractivity contribution in [2.45, 2.75) is 19.4 Å². The van der Waals surface area contributed by atoms with E-state index >= 15 is 0 Å². The van der Waals surface area contributed by atoms with Gasteiger partial charge in [0, 0.05) is 31.2 Å². The summed E-state index contributed by atoms with van der Waals surface area (Å²) in [6.07, 6.45) is 0.594. The summed E-state index contributed by atoms with van der Waals surface area (Å²) in [6, 6.07) is 7.29. The molecule has 26 heavy (non-hydrogen) atoms. The van der Waals surface area contributed by atoms with Gasteiger partial charge in [0.1, 0.15) is 6.04 Å². The summed E-state index contributed by atoms with van der Waals surface area (Å²) in [6.45, 7) is 5.17. The fourth-order valence-electron chi connectivity index (χ4n) is 3.67. The molecule has 2 heterocycles. The van der Waals surface area contributed by atoms with Crippen LogP contribution in [0.5, 0.6) is 0 Å². The van der Waals surface area contributed by atoms with Crippen LogP contribution in [-0.4, -0.2) is 74.1 Å². The molecule has 0 bridgehead atoms. The van der Waals surface area contributed by atoms with Crippen LogP contribution in [0.15, 0.2) is 24.3 Å². The molecule has 0 saturated carbocycles. The fraction of sp³-hybridized carbons (Fsp3) is 0.579. The monoisotopic (exact) mass is 379 g/mol. The maximum atomic E-state index is 12.8. The Morgan fingerprint density at radius 1 is 1.31 bits per heavy atom. The SMILES string of the molecule is CCNC(=O)C1(Cc2ccc(Cl)cc2)CN(C(=O)[C@@H]2COCCN2C)C1. The second-order valence-corrected chi connectivity index (χ2v) is 7.65. The highest BCUT2D eigenvalue weighted by molar-refractivity contribution is 6.30. The summed E-state index contributed by atoms with van der Waals surface area (Å²) in [5.74, 6) is 0.0514. The lowest BCUT2D eigenvalue weighted by molar-refractivity contribution is -0.160. The van der Waals surface area contributed by atoms with Crippen LogP contribution in [0, 0.1) is 5.41 Å². The third kappa shape index (κ3) is 3.87. The standard InChI is InChI=1S/C19H26ClN3O3/c1-3-21-18(25)19(10-14-4-6-15(20)7-5-14)12-23(13-19)17(24)16-11-26-9-8-22(16)2/h4-7,16H,3,8-13H2,1-2H3,(H,21,25)/t16-/m0/s1. The van der Waals surface area contributed by atoms with Crippen LogP contribution in [-0.2, 0) is 20.7 Å². The van der Waals surface area contributed by atoms with Crippen LogP contribution >= 0.6 is 11.6 Å². The summed E-state index contributed by atoms with van der Waals surface area (Å²) in [5.41, 5.74) is 0.471. The van der Waals surface area contributed by atoms with Crippen LogP contribution in [0.2, 0.25) is 5.02 Å². The molecule has 2 aliphatic rings. The number of hydrogen-bond donors (Lipinski definition) is 1. The van der Waals surface area contributed by atoms with Gasteiger partial charge in [-0.25, -0.2) is 0 Å². The summed E-state index contributed by atoms with van der Waals surface area (Å²) in [5, 5.41) is 3.60. The maximum absolute atomic E-state index is 12.8. The first kappa shape index (κ1) is 19.1. The Balaban J connectivity index is 1.70. The first-order valence-corrected chi connectivity index (χ1v) is 9.42. The van der Waals surface area contributed by atoms with Gasteiger partial charge in [-0.15, -0.1) is 0 Å². The normalized spacial score (nSPS) is 22.6. The molecular weight excluding hydrogens is 354 g/mol. The lowest BCUT2D eigenvalue weighted by atomic mass is 9.73. The zero-order chi connectivity index (χ0) is 18.7. The minimum absolute atomic E-state index is 0.00671. The smallest absolute Gasteiger partial charge is 0.242 e. The first-order valence-electron chi connectivity index (χ1n) is 9.05. The molecule has 0 radical (unpaired) electrons. The van der Waals surface area contributed by atoms with Crippen molar-refractivity contribution in [3.05, 3.63) is 34.9 Å². The molecule has 2 saturated heterocycles. The van der Waals surface area contributed by atoms with Crippen molar-refractivity contribution in [3.63, 3.8) is 0 Å². The number of likely N-dealkylation sites (tertiary alicyclic amines) is 1. The van der Waals surface area contributed by atoms with Gasteiger partial charge in [0.25, 0.3) is 0 Å². The lowest BCUT2D eigenvalue weighted by Gasteiger charge is -2.50. The highest BCUT2D eigenvalue weighted by Gasteiger charge is 2.52. The zero-order valence-electron chi connectivity index (χ0n) is 15.3. The van der Waals surface area contributed by atoms with Crippen molar-refractivity contribution in [1.82, 2.24) is 15.1 Å². The van der Waals surface area contributed by atoms with Crippen molar-refractivity contribution in [1.29, 1.82) is 0 Å².